The summed E-state index contributed by atoms with van der Waals surface area (Å²) in [4.78, 5) is 0. The van der Waals surface area contributed by atoms with E-state index in [-0.39, 0.29) is 21.1 Å². The zero-order valence-electron chi connectivity index (χ0n) is 30.4. The third kappa shape index (κ3) is 31.6. The Hall–Kier alpha value is 1.84. The Labute approximate surface area is 279 Å². The summed E-state index contributed by atoms with van der Waals surface area (Å²) < 4.78 is 46.0. The van der Waals surface area contributed by atoms with Gasteiger partial charge in [0.05, 0.1) is 0 Å². The molecule has 0 aliphatic rings. The molecule has 0 aromatic carbocycles. The van der Waals surface area contributed by atoms with E-state index in [1.54, 1.807) is 28.4 Å². The van der Waals surface area contributed by atoms with E-state index in [1.807, 2.05) is 12.2 Å². The van der Waals surface area contributed by atoms with Crippen molar-refractivity contribution in [3.05, 3.63) is 12.3 Å². The molecule has 0 N–H and O–H groups in total. The van der Waals surface area contributed by atoms with Gasteiger partial charge < -0.3 is 34.2 Å². The Balaban J connectivity index is -0.000000275. The zero-order valence-corrected chi connectivity index (χ0v) is 40.8. The molecular weight excluding hydrogens is 836 g/mol. The van der Waals surface area contributed by atoms with Gasteiger partial charge in [0.25, 0.3) is 0 Å². The molecule has 17 heteroatoms. The van der Waals surface area contributed by atoms with Crippen LogP contribution in [0.4, 0.5) is 0 Å². The van der Waals surface area contributed by atoms with Crippen molar-refractivity contribution < 1.29 is 55.2 Å². The van der Waals surface area contributed by atoms with E-state index in [2.05, 4.69) is 105 Å². The van der Waals surface area contributed by atoms with Crippen LogP contribution < -0.4 is 0 Å². The van der Waals surface area contributed by atoms with Crippen LogP contribution in [0.15, 0.2) is 12.3 Å². The molecule has 0 saturated carbocycles. The fourth-order valence-electron chi connectivity index (χ4n) is 3.46. The van der Waals surface area contributed by atoms with Crippen LogP contribution in [0, 0.1) is 0 Å². The van der Waals surface area contributed by atoms with Crippen molar-refractivity contribution in [1.29, 1.82) is 0 Å². The predicted octanol–water partition coefficient (Wildman–Crippen LogP) is 7.74. The fraction of sp³-hybridized carbons (Fsp3) is 0.917. The molecule has 0 amide bonds. The maximum Gasteiger partial charge on any atom is 0.350 e. The Kier molecular flexibility index (Phi) is 25.3. The Morgan fingerprint density at radius 2 is 0.854 bits per heavy atom. The fourth-order valence-corrected chi connectivity index (χ4v) is 29.4. The topological polar surface area (TPSA) is 73.8 Å². The summed E-state index contributed by atoms with van der Waals surface area (Å²) in [5, 5.41) is 0. The largest absolute Gasteiger partial charge is 0.438 e. The van der Waals surface area contributed by atoms with Crippen molar-refractivity contribution in [3.63, 3.8) is 0 Å². The second kappa shape index (κ2) is 20.9. The van der Waals surface area contributed by atoms with Gasteiger partial charge in [-0.1, -0.05) is 5.70 Å². The smallest absolute Gasteiger partial charge is 0.350 e. The van der Waals surface area contributed by atoms with Crippen LogP contribution >= 0.6 is 0 Å². The van der Waals surface area contributed by atoms with Crippen LogP contribution in [0.1, 0.15) is 0 Å². The van der Waals surface area contributed by atoms with Crippen LogP contribution in [0.25, 0.3) is 0 Å². The van der Waals surface area contributed by atoms with Gasteiger partial charge in [-0.15, -0.1) is 6.58 Å². The molecule has 0 radical (unpaired) electrons. The molecule has 0 fully saturated rings. The Bertz CT molecular complexity index is 671. The zero-order chi connectivity index (χ0) is 32.9. The predicted molar refractivity (Wildman–Crippen MR) is 193 cm³/mol. The molecule has 0 heterocycles. The SMILES string of the molecule is C=C[Si](C)(OC)O[Si](C)(C)C.CO[SiH](C)O[Si](C)(C)C.CO[Si](C)(CC[Si](C)(OC)O[Si](C)(C)C)O[Si](C)(C)C.[Pt]. The molecule has 0 aromatic rings. The molecule has 0 aliphatic carbocycles. The van der Waals surface area contributed by atoms with Gasteiger partial charge in [0, 0.05) is 49.5 Å². The average molecular weight is 905 g/mol. The third-order valence-electron chi connectivity index (χ3n) is 5.08. The minimum Gasteiger partial charge on any atom is -0.438 e. The minimum atomic E-state index is -2.11. The van der Waals surface area contributed by atoms with E-state index in [9.17, 15) is 0 Å². The molecule has 0 rings (SSSR count). The number of rotatable bonds is 16. The van der Waals surface area contributed by atoms with Crippen molar-refractivity contribution >= 4 is 68.2 Å². The standard InChI is InChI=1S/C12H34O4Si4.C7H18O2Si2.C5H16O2Si2.Pt/c1-13-19(9,15-17(3,4)5)11-12-20(10,14-2)16-18(6,7)8;1-7-11(6,8-2)9-10(3,4)5;1-6-8(2)7-9(3,4)5;/h11-12H2,1-10H3;7H,1H2,2-6H3;8H,1-5H3;. The Morgan fingerprint density at radius 3 is 0.976 bits per heavy atom. The molecule has 0 aliphatic heterocycles. The first-order chi connectivity index (χ1) is 17.5. The average Bonchev–Trinajstić information content (AvgIpc) is 2.74. The maximum atomic E-state index is 6.32. The molecule has 0 spiro atoms. The van der Waals surface area contributed by atoms with Gasteiger partial charge in [-0.05, 0) is 117 Å². The van der Waals surface area contributed by atoms with Crippen molar-refractivity contribution in [2.45, 2.75) is 117 Å². The molecule has 0 saturated heterocycles. The van der Waals surface area contributed by atoms with Crippen molar-refractivity contribution in [1.82, 2.24) is 0 Å². The van der Waals surface area contributed by atoms with Gasteiger partial charge >= 0.3 is 35.0 Å². The Morgan fingerprint density at radius 1 is 0.537 bits per heavy atom. The minimum absolute atomic E-state index is 0. The van der Waals surface area contributed by atoms with E-state index >= 15 is 0 Å². The summed E-state index contributed by atoms with van der Waals surface area (Å²) in [6, 6.07) is 1.88. The summed E-state index contributed by atoms with van der Waals surface area (Å²) in [5.41, 5.74) is 1.82. The van der Waals surface area contributed by atoms with Crippen LogP contribution in [-0.4, -0.2) is 96.7 Å². The summed E-state index contributed by atoms with van der Waals surface area (Å²) in [6.45, 7) is 38.4. The first-order valence-corrected chi connectivity index (χ1v) is 37.3. The second-order valence-electron chi connectivity index (χ2n) is 14.3. The van der Waals surface area contributed by atoms with Gasteiger partial charge in [0.2, 0.25) is 0 Å². The summed E-state index contributed by atoms with van der Waals surface area (Å²) >= 11 is 0. The molecule has 0 aromatic heterocycles. The first-order valence-electron chi connectivity index (χ1n) is 14.1. The van der Waals surface area contributed by atoms with Gasteiger partial charge in [0.15, 0.2) is 33.3 Å². The van der Waals surface area contributed by atoms with Crippen molar-refractivity contribution in [3.8, 4) is 0 Å². The maximum absolute atomic E-state index is 6.32. The normalized spacial score (nSPS) is 17.7. The van der Waals surface area contributed by atoms with E-state index in [4.69, 9.17) is 34.2 Å². The van der Waals surface area contributed by atoms with Crippen molar-refractivity contribution in [2.24, 2.45) is 0 Å². The van der Waals surface area contributed by atoms with Crippen molar-refractivity contribution in [2.75, 3.05) is 28.4 Å². The van der Waals surface area contributed by atoms with Gasteiger partial charge in [-0.25, -0.2) is 0 Å². The van der Waals surface area contributed by atoms with Gasteiger partial charge in [-0.2, -0.15) is 0 Å². The van der Waals surface area contributed by atoms with E-state index in [1.165, 1.54) is 0 Å². The van der Waals surface area contributed by atoms with Gasteiger partial charge in [-0.3, -0.25) is 0 Å². The molecular formula is C24H68O8PtSi8. The summed E-state index contributed by atoms with van der Waals surface area (Å²) in [5.74, 6) is 0. The molecule has 8 nitrogen and oxygen atoms in total. The quantitative estimate of drug-likeness (QED) is 0.146. The first kappa shape index (κ1) is 49.7. The number of hydrogen-bond donors (Lipinski definition) is 0. The van der Waals surface area contributed by atoms with Crippen LogP contribution in [0.3, 0.4) is 0 Å². The monoisotopic (exact) mass is 903 g/mol. The van der Waals surface area contributed by atoms with Crippen LogP contribution in [-0.2, 0) is 55.2 Å². The van der Waals surface area contributed by atoms with Crippen LogP contribution in [0.5, 0.6) is 0 Å². The molecule has 0 bridgehead atoms. The second-order valence-corrected chi connectivity index (χ2v) is 45.4. The summed E-state index contributed by atoms with van der Waals surface area (Å²) in [6.07, 6.45) is 0. The molecule has 254 valence electrons. The van der Waals surface area contributed by atoms with E-state index in [0.29, 0.717) is 0 Å². The molecule has 41 heavy (non-hydrogen) atoms. The van der Waals surface area contributed by atoms with Gasteiger partial charge in [0.1, 0.15) is 0 Å². The number of hydrogen-bond acceptors (Lipinski definition) is 8. The van der Waals surface area contributed by atoms with E-state index < -0.39 is 68.2 Å². The molecule has 4 unspecified atom stereocenters. The van der Waals surface area contributed by atoms with Crippen LogP contribution in [0.2, 0.25) is 117 Å². The third-order valence-corrected chi connectivity index (χ3v) is 28.4. The summed E-state index contributed by atoms with van der Waals surface area (Å²) in [7, 11) is -6.46. The molecule has 4 atom stereocenters. The van der Waals surface area contributed by atoms with E-state index in [0.717, 1.165) is 12.1 Å².